The Morgan fingerprint density at radius 1 is 1.26 bits per heavy atom. The zero-order chi connectivity index (χ0) is 18.8. The van der Waals surface area contributed by atoms with Crippen LogP contribution in [0.2, 0.25) is 0 Å². The van der Waals surface area contributed by atoms with Crippen LogP contribution >= 0.6 is 0 Å². The first kappa shape index (κ1) is 18.1. The molecule has 1 aliphatic heterocycles. The van der Waals surface area contributed by atoms with E-state index >= 15 is 0 Å². The molecule has 146 valence electrons. The molecule has 0 saturated carbocycles. The number of ether oxygens (including phenoxy) is 1. The van der Waals surface area contributed by atoms with Gasteiger partial charge in [0, 0.05) is 43.5 Å². The van der Waals surface area contributed by atoms with Crippen molar-refractivity contribution in [3.63, 3.8) is 0 Å². The lowest BCUT2D eigenvalue weighted by molar-refractivity contribution is -0.132. The predicted octanol–water partition coefficient (Wildman–Crippen LogP) is 3.13. The molecule has 0 aromatic carbocycles. The van der Waals surface area contributed by atoms with Crippen LogP contribution in [0.1, 0.15) is 61.3 Å². The second kappa shape index (κ2) is 7.74. The summed E-state index contributed by atoms with van der Waals surface area (Å²) in [6, 6.07) is 1.73. The third-order valence-corrected chi connectivity index (χ3v) is 5.88. The molecule has 7 heteroatoms. The zero-order valence-corrected chi connectivity index (χ0v) is 16.1. The number of carbonyl (C=O) groups excluding carboxylic acids is 1. The van der Waals surface area contributed by atoms with Crippen molar-refractivity contribution in [2.24, 2.45) is 5.92 Å². The molecule has 0 radical (unpaired) electrons. The highest BCUT2D eigenvalue weighted by molar-refractivity contribution is 5.76. The van der Waals surface area contributed by atoms with E-state index in [0.29, 0.717) is 36.3 Å². The summed E-state index contributed by atoms with van der Waals surface area (Å²) >= 11 is 0. The van der Waals surface area contributed by atoms with Gasteiger partial charge >= 0.3 is 0 Å². The number of methoxy groups -OCH3 is 1. The number of aromatic nitrogens is 2. The maximum Gasteiger partial charge on any atom is 0.254 e. The Hall–Kier alpha value is -2.31. The Balaban J connectivity index is 1.30. The molecule has 1 fully saturated rings. The summed E-state index contributed by atoms with van der Waals surface area (Å²) in [5.74, 6) is 3.45. The first-order valence-corrected chi connectivity index (χ1v) is 9.88. The Kier molecular flexibility index (Phi) is 5.18. The second-order valence-corrected chi connectivity index (χ2v) is 7.81. The van der Waals surface area contributed by atoms with Crippen LogP contribution in [-0.2, 0) is 24.1 Å². The molecular weight excluding hydrogens is 346 g/mol. The first-order chi connectivity index (χ1) is 13.1. The Morgan fingerprint density at radius 3 is 2.81 bits per heavy atom. The number of nitrogens with zero attached hydrogens (tertiary/aromatic N) is 3. The van der Waals surface area contributed by atoms with E-state index in [4.69, 9.17) is 13.8 Å². The lowest BCUT2D eigenvalue weighted by atomic mass is 9.83. The van der Waals surface area contributed by atoms with Crippen molar-refractivity contribution >= 4 is 5.91 Å². The van der Waals surface area contributed by atoms with Crippen LogP contribution in [0.15, 0.2) is 15.1 Å². The topological polar surface area (TPSA) is 81.6 Å². The van der Waals surface area contributed by atoms with E-state index < -0.39 is 0 Å². The van der Waals surface area contributed by atoms with E-state index in [1.807, 2.05) is 4.90 Å². The summed E-state index contributed by atoms with van der Waals surface area (Å²) in [6.07, 6.45) is 6.16. The normalized spacial score (nSPS) is 20.5. The molecule has 0 unspecified atom stereocenters. The van der Waals surface area contributed by atoms with E-state index in [1.165, 1.54) is 12.0 Å². The molecule has 4 rings (SSSR count). The highest BCUT2D eigenvalue weighted by Crippen LogP contribution is 2.36. The minimum absolute atomic E-state index is 0.164. The number of aryl methyl sites for hydroxylation is 2. The summed E-state index contributed by atoms with van der Waals surface area (Å²) in [6.45, 7) is 3.84. The standard InChI is InChI=1S/C20H27N3O4/c1-13-3-5-17-16(11-13)20(27-21-17)14-7-9-23(10-8-14)19(24)6-4-15-12-18(25-2)22-26-15/h12-14H,3-11H2,1-2H3/t13-/m1/s1. The Morgan fingerprint density at radius 2 is 2.07 bits per heavy atom. The number of rotatable bonds is 5. The van der Waals surface area contributed by atoms with Crippen LogP contribution < -0.4 is 4.74 Å². The second-order valence-electron chi connectivity index (χ2n) is 7.81. The van der Waals surface area contributed by atoms with Gasteiger partial charge < -0.3 is 18.7 Å². The van der Waals surface area contributed by atoms with Crippen LogP contribution in [0.5, 0.6) is 5.88 Å². The van der Waals surface area contributed by atoms with Crippen LogP contribution in [-0.4, -0.2) is 41.3 Å². The number of piperidine rings is 1. The number of likely N-dealkylation sites (tertiary alicyclic amines) is 1. The summed E-state index contributed by atoms with van der Waals surface area (Å²) in [7, 11) is 1.54. The van der Waals surface area contributed by atoms with Crippen molar-refractivity contribution in [2.75, 3.05) is 20.2 Å². The minimum Gasteiger partial charge on any atom is -0.479 e. The van der Waals surface area contributed by atoms with Crippen molar-refractivity contribution in [3.8, 4) is 5.88 Å². The molecular formula is C20H27N3O4. The maximum absolute atomic E-state index is 12.5. The average molecular weight is 373 g/mol. The van der Waals surface area contributed by atoms with E-state index in [1.54, 1.807) is 13.2 Å². The van der Waals surface area contributed by atoms with Crippen molar-refractivity contribution in [2.45, 2.75) is 57.8 Å². The van der Waals surface area contributed by atoms with E-state index in [0.717, 1.165) is 50.2 Å². The quantitative estimate of drug-likeness (QED) is 0.801. The van der Waals surface area contributed by atoms with Crippen LogP contribution in [0.25, 0.3) is 0 Å². The average Bonchev–Trinajstić information content (AvgIpc) is 3.32. The van der Waals surface area contributed by atoms with Crippen LogP contribution in [0.3, 0.4) is 0 Å². The highest BCUT2D eigenvalue weighted by Gasteiger charge is 2.31. The van der Waals surface area contributed by atoms with Crippen molar-refractivity contribution in [3.05, 3.63) is 28.8 Å². The minimum atomic E-state index is 0.164. The summed E-state index contributed by atoms with van der Waals surface area (Å²) in [5, 5.41) is 8.08. The molecule has 2 aromatic rings. The molecule has 27 heavy (non-hydrogen) atoms. The van der Waals surface area contributed by atoms with Gasteiger partial charge in [-0.05, 0) is 43.2 Å². The van der Waals surface area contributed by atoms with Gasteiger partial charge in [-0.25, -0.2) is 0 Å². The lowest BCUT2D eigenvalue weighted by Crippen LogP contribution is -2.38. The Bertz CT molecular complexity index is 789. The van der Waals surface area contributed by atoms with Gasteiger partial charge in [0.05, 0.1) is 12.8 Å². The molecule has 0 spiro atoms. The zero-order valence-electron chi connectivity index (χ0n) is 16.1. The lowest BCUT2D eigenvalue weighted by Gasteiger charge is -2.31. The van der Waals surface area contributed by atoms with Gasteiger partial charge in [-0.1, -0.05) is 12.1 Å². The van der Waals surface area contributed by atoms with E-state index in [2.05, 4.69) is 17.2 Å². The highest BCUT2D eigenvalue weighted by atomic mass is 16.5. The third-order valence-electron chi connectivity index (χ3n) is 5.88. The van der Waals surface area contributed by atoms with E-state index in [-0.39, 0.29) is 5.91 Å². The Labute approximate surface area is 159 Å². The van der Waals surface area contributed by atoms with Crippen molar-refractivity contribution < 1.29 is 18.6 Å². The molecule has 0 bridgehead atoms. The summed E-state index contributed by atoms with van der Waals surface area (Å²) in [4.78, 5) is 14.5. The number of fused-ring (bicyclic) bond motifs is 1. The fourth-order valence-corrected chi connectivity index (χ4v) is 4.21. The molecule has 7 nitrogen and oxygen atoms in total. The molecule has 1 atom stereocenters. The summed E-state index contributed by atoms with van der Waals surface area (Å²) in [5.41, 5.74) is 2.50. The molecule has 2 aliphatic rings. The largest absolute Gasteiger partial charge is 0.479 e. The summed E-state index contributed by atoms with van der Waals surface area (Å²) < 4.78 is 15.9. The van der Waals surface area contributed by atoms with Gasteiger partial charge in [0.25, 0.3) is 5.88 Å². The monoisotopic (exact) mass is 373 g/mol. The molecule has 2 aromatic heterocycles. The smallest absolute Gasteiger partial charge is 0.254 e. The number of hydrogen-bond acceptors (Lipinski definition) is 6. The first-order valence-electron chi connectivity index (χ1n) is 9.88. The number of carbonyl (C=O) groups is 1. The van der Waals surface area contributed by atoms with Gasteiger partial charge in [-0.2, -0.15) is 0 Å². The molecule has 0 N–H and O–H groups in total. The van der Waals surface area contributed by atoms with Gasteiger partial charge in [0.15, 0.2) is 0 Å². The number of amides is 1. The van der Waals surface area contributed by atoms with Crippen LogP contribution in [0.4, 0.5) is 0 Å². The van der Waals surface area contributed by atoms with Gasteiger partial charge in [-0.3, -0.25) is 4.79 Å². The van der Waals surface area contributed by atoms with Crippen molar-refractivity contribution in [1.82, 2.24) is 15.2 Å². The fraction of sp³-hybridized carbons (Fsp3) is 0.650. The van der Waals surface area contributed by atoms with Gasteiger partial charge in [0.2, 0.25) is 5.91 Å². The van der Waals surface area contributed by atoms with Gasteiger partial charge in [0.1, 0.15) is 11.5 Å². The van der Waals surface area contributed by atoms with Gasteiger partial charge in [-0.15, -0.1) is 0 Å². The third kappa shape index (κ3) is 3.87. The predicted molar refractivity (Wildman–Crippen MR) is 97.6 cm³/mol. The SMILES string of the molecule is COc1cc(CCC(=O)N2CCC(c3onc4c3C[C@H](C)CC4)CC2)on1. The van der Waals surface area contributed by atoms with E-state index in [9.17, 15) is 4.79 Å². The molecule has 1 saturated heterocycles. The fourth-order valence-electron chi connectivity index (χ4n) is 4.21. The van der Waals surface area contributed by atoms with Crippen molar-refractivity contribution in [1.29, 1.82) is 0 Å². The maximum atomic E-state index is 12.5. The number of hydrogen-bond donors (Lipinski definition) is 0. The van der Waals surface area contributed by atoms with Crippen LogP contribution in [0, 0.1) is 5.92 Å². The molecule has 1 aliphatic carbocycles. The molecule has 1 amide bonds. The molecule has 3 heterocycles.